The van der Waals surface area contributed by atoms with Crippen molar-refractivity contribution in [2.24, 2.45) is 0 Å². The van der Waals surface area contributed by atoms with Gasteiger partial charge in [0.05, 0.1) is 12.3 Å². The summed E-state index contributed by atoms with van der Waals surface area (Å²) in [6.45, 7) is 0.00357. The number of carboxylic acids is 1. The third-order valence-electron chi connectivity index (χ3n) is 6.17. The van der Waals surface area contributed by atoms with Crippen LogP contribution in [0, 0.1) is 0 Å². The van der Waals surface area contributed by atoms with Crippen molar-refractivity contribution in [1.29, 1.82) is 0 Å². The fourth-order valence-corrected chi connectivity index (χ4v) is 4.49. The molecule has 1 atom stereocenters. The molecule has 1 unspecified atom stereocenters. The molecule has 0 saturated heterocycles. The lowest BCUT2D eigenvalue weighted by Gasteiger charge is -2.17. The fraction of sp³-hybridized carbons (Fsp3) is 0.125. The highest BCUT2D eigenvalue weighted by molar-refractivity contribution is 9.10. The van der Waals surface area contributed by atoms with E-state index in [1.54, 1.807) is 66.7 Å². The van der Waals surface area contributed by atoms with Crippen molar-refractivity contribution in [3.8, 4) is 11.5 Å². The maximum absolute atomic E-state index is 13.6. The van der Waals surface area contributed by atoms with Crippen LogP contribution in [0.1, 0.15) is 55.4 Å². The number of rotatable bonds is 12. The van der Waals surface area contributed by atoms with E-state index in [9.17, 15) is 19.2 Å². The molecule has 2 N–H and O–H groups in total. The summed E-state index contributed by atoms with van der Waals surface area (Å²) >= 11 is 3.40. The van der Waals surface area contributed by atoms with Gasteiger partial charge >= 0.3 is 5.97 Å². The Bertz CT molecular complexity index is 1500. The van der Waals surface area contributed by atoms with Gasteiger partial charge in [0, 0.05) is 34.1 Å². The zero-order chi connectivity index (χ0) is 28.5. The van der Waals surface area contributed by atoms with Crippen LogP contribution in [-0.2, 0) is 4.79 Å². The van der Waals surface area contributed by atoms with Crippen molar-refractivity contribution in [2.45, 2.75) is 18.8 Å². The summed E-state index contributed by atoms with van der Waals surface area (Å²) in [6, 6.07) is 29.5. The molecule has 4 aromatic rings. The van der Waals surface area contributed by atoms with Crippen LogP contribution >= 0.6 is 15.9 Å². The Balaban J connectivity index is 1.53. The van der Waals surface area contributed by atoms with Crippen LogP contribution in [0.3, 0.4) is 0 Å². The molecule has 0 aliphatic rings. The molecule has 0 heterocycles. The zero-order valence-electron chi connectivity index (χ0n) is 21.4. The van der Waals surface area contributed by atoms with E-state index in [4.69, 9.17) is 9.84 Å². The predicted octanol–water partition coefficient (Wildman–Crippen LogP) is 6.69. The molecular formula is C32H26BrNO6. The third-order valence-corrected chi connectivity index (χ3v) is 6.66. The van der Waals surface area contributed by atoms with E-state index in [2.05, 4.69) is 21.2 Å². The van der Waals surface area contributed by atoms with Gasteiger partial charge in [0.25, 0.3) is 5.91 Å². The second kappa shape index (κ2) is 13.5. The van der Waals surface area contributed by atoms with Crippen LogP contribution in [0.15, 0.2) is 108 Å². The summed E-state index contributed by atoms with van der Waals surface area (Å²) < 4.78 is 6.55. The fourth-order valence-electron chi connectivity index (χ4n) is 4.09. The number of benzene rings is 4. The minimum absolute atomic E-state index is 0.00357. The zero-order valence-corrected chi connectivity index (χ0v) is 23.0. The van der Waals surface area contributed by atoms with Crippen molar-refractivity contribution >= 4 is 39.4 Å². The van der Waals surface area contributed by atoms with Crippen LogP contribution in [0.5, 0.6) is 11.5 Å². The number of hydrogen-bond donors (Lipinski definition) is 2. The standard InChI is InChI=1S/C32H26BrNO6/c33-25-6-4-5-24(19-25)31(38)28(21-9-11-23(12-10-21)32(39)34-18-17-30(36)37)20-29(35)22-13-15-27(16-14-22)40-26-7-2-1-3-8-26/h1-16,19,28H,17-18,20H2,(H,34,39)(H,36,37). The summed E-state index contributed by atoms with van der Waals surface area (Å²) in [6.07, 6.45) is -0.261. The predicted molar refractivity (Wildman–Crippen MR) is 154 cm³/mol. The number of carbonyl (C=O) groups is 4. The van der Waals surface area contributed by atoms with Crippen molar-refractivity contribution in [2.75, 3.05) is 6.54 Å². The summed E-state index contributed by atoms with van der Waals surface area (Å²) in [4.78, 5) is 50.0. The van der Waals surface area contributed by atoms with Gasteiger partial charge in [0.2, 0.25) is 0 Å². The highest BCUT2D eigenvalue weighted by Crippen LogP contribution is 2.29. The Morgan fingerprint density at radius 3 is 2.05 bits per heavy atom. The number of halogens is 1. The quantitative estimate of drug-likeness (QED) is 0.176. The first-order valence-electron chi connectivity index (χ1n) is 12.6. The van der Waals surface area contributed by atoms with Gasteiger partial charge in [-0.2, -0.15) is 0 Å². The summed E-state index contributed by atoms with van der Waals surface area (Å²) in [5.74, 6) is -1.38. The van der Waals surface area contributed by atoms with Gasteiger partial charge in [-0.1, -0.05) is 58.4 Å². The lowest BCUT2D eigenvalue weighted by atomic mass is 9.85. The smallest absolute Gasteiger partial charge is 0.305 e. The second-order valence-corrected chi connectivity index (χ2v) is 9.93. The molecule has 0 aliphatic heterocycles. The summed E-state index contributed by atoms with van der Waals surface area (Å²) in [5.41, 5.74) is 1.81. The molecule has 0 fully saturated rings. The molecule has 202 valence electrons. The molecule has 4 rings (SSSR count). The third kappa shape index (κ3) is 7.74. The SMILES string of the molecule is O=C(O)CCNC(=O)c1ccc(C(CC(=O)c2ccc(Oc3ccccc3)cc2)C(=O)c2cccc(Br)c2)cc1. The average Bonchev–Trinajstić information content (AvgIpc) is 2.96. The van der Waals surface area contributed by atoms with Crippen molar-refractivity contribution in [1.82, 2.24) is 5.32 Å². The minimum atomic E-state index is -1.01. The molecule has 0 aromatic heterocycles. The number of para-hydroxylation sites is 1. The van der Waals surface area contributed by atoms with Crippen LogP contribution < -0.4 is 10.1 Å². The van der Waals surface area contributed by atoms with E-state index in [1.807, 2.05) is 36.4 Å². The lowest BCUT2D eigenvalue weighted by Crippen LogP contribution is -2.26. The molecule has 7 nitrogen and oxygen atoms in total. The number of nitrogens with one attached hydrogen (secondary N) is 1. The van der Waals surface area contributed by atoms with Gasteiger partial charge in [-0.15, -0.1) is 0 Å². The molecule has 40 heavy (non-hydrogen) atoms. The topological polar surface area (TPSA) is 110 Å². The van der Waals surface area contributed by atoms with Gasteiger partial charge in [-0.05, 0) is 66.2 Å². The maximum atomic E-state index is 13.6. The number of amides is 1. The van der Waals surface area contributed by atoms with E-state index in [1.165, 1.54) is 0 Å². The van der Waals surface area contributed by atoms with Crippen LogP contribution in [0.25, 0.3) is 0 Å². The number of ketones is 2. The van der Waals surface area contributed by atoms with Gasteiger partial charge in [-0.3, -0.25) is 19.2 Å². The molecule has 0 bridgehead atoms. The average molecular weight is 600 g/mol. The normalized spacial score (nSPS) is 11.3. The number of carboxylic acid groups (broad SMARTS) is 1. The van der Waals surface area contributed by atoms with E-state index in [0.717, 1.165) is 4.47 Å². The number of ether oxygens (including phenoxy) is 1. The van der Waals surface area contributed by atoms with Gasteiger partial charge < -0.3 is 15.2 Å². The van der Waals surface area contributed by atoms with Crippen LogP contribution in [-0.4, -0.2) is 35.1 Å². The highest BCUT2D eigenvalue weighted by Gasteiger charge is 2.26. The van der Waals surface area contributed by atoms with Gasteiger partial charge in [-0.25, -0.2) is 0 Å². The minimum Gasteiger partial charge on any atom is -0.481 e. The summed E-state index contributed by atoms with van der Waals surface area (Å²) in [7, 11) is 0. The molecule has 0 spiro atoms. The number of hydrogen-bond acceptors (Lipinski definition) is 5. The lowest BCUT2D eigenvalue weighted by molar-refractivity contribution is -0.136. The Labute approximate surface area is 239 Å². The van der Waals surface area contributed by atoms with E-state index in [-0.39, 0.29) is 31.0 Å². The molecule has 0 aliphatic carbocycles. The molecule has 0 radical (unpaired) electrons. The molecule has 4 aromatic carbocycles. The van der Waals surface area contributed by atoms with Crippen molar-refractivity contribution in [3.63, 3.8) is 0 Å². The monoisotopic (exact) mass is 599 g/mol. The van der Waals surface area contributed by atoms with E-state index < -0.39 is 17.8 Å². The van der Waals surface area contributed by atoms with Gasteiger partial charge in [0.15, 0.2) is 11.6 Å². The first-order chi connectivity index (χ1) is 19.3. The number of carbonyl (C=O) groups excluding carboxylic acids is 3. The van der Waals surface area contributed by atoms with Crippen molar-refractivity contribution < 1.29 is 29.0 Å². The Hall–Kier alpha value is -4.56. The molecular weight excluding hydrogens is 574 g/mol. The number of aliphatic carboxylic acids is 1. The Kier molecular flexibility index (Phi) is 9.59. The number of Topliss-reactive ketones (excluding diaryl/α,β-unsaturated/α-hetero) is 2. The highest BCUT2D eigenvalue weighted by atomic mass is 79.9. The first-order valence-corrected chi connectivity index (χ1v) is 13.4. The second-order valence-electron chi connectivity index (χ2n) is 9.02. The Morgan fingerprint density at radius 2 is 1.40 bits per heavy atom. The Morgan fingerprint density at radius 1 is 0.750 bits per heavy atom. The molecule has 8 heteroatoms. The van der Waals surface area contributed by atoms with Crippen LogP contribution in [0.4, 0.5) is 0 Å². The molecule has 0 saturated carbocycles. The maximum Gasteiger partial charge on any atom is 0.305 e. The van der Waals surface area contributed by atoms with Crippen LogP contribution in [0.2, 0.25) is 0 Å². The molecule has 1 amide bonds. The van der Waals surface area contributed by atoms with E-state index >= 15 is 0 Å². The largest absolute Gasteiger partial charge is 0.481 e. The summed E-state index contributed by atoms with van der Waals surface area (Å²) in [5, 5.41) is 11.3. The first kappa shape index (κ1) is 28.4. The van der Waals surface area contributed by atoms with E-state index in [0.29, 0.717) is 33.8 Å². The van der Waals surface area contributed by atoms with Crippen molar-refractivity contribution in [3.05, 3.63) is 130 Å². The van der Waals surface area contributed by atoms with Gasteiger partial charge in [0.1, 0.15) is 11.5 Å².